The van der Waals surface area contributed by atoms with Crippen LogP contribution in [0, 0.1) is 0 Å². The Labute approximate surface area is 441 Å². The Hall–Kier alpha value is -2.63. The van der Waals surface area contributed by atoms with Crippen LogP contribution in [-0.2, 0) is 28.6 Å². The van der Waals surface area contributed by atoms with Crippen molar-refractivity contribution in [2.75, 3.05) is 13.2 Å². The van der Waals surface area contributed by atoms with Crippen LogP contribution in [0.2, 0.25) is 0 Å². The monoisotopic (exact) mass is 995 g/mol. The lowest BCUT2D eigenvalue weighted by atomic mass is 10.0. The Morgan fingerprint density at radius 3 is 0.873 bits per heavy atom. The Morgan fingerprint density at radius 2 is 0.549 bits per heavy atom. The lowest BCUT2D eigenvalue weighted by Crippen LogP contribution is -2.30. The normalized spacial score (nSPS) is 12.3. The van der Waals surface area contributed by atoms with E-state index < -0.39 is 6.10 Å². The number of hydrogen-bond acceptors (Lipinski definition) is 6. The van der Waals surface area contributed by atoms with Crippen molar-refractivity contribution in [3.63, 3.8) is 0 Å². The molecule has 0 aliphatic heterocycles. The van der Waals surface area contributed by atoms with Gasteiger partial charge in [-0.25, -0.2) is 0 Å². The van der Waals surface area contributed by atoms with Gasteiger partial charge in [-0.05, 0) is 77.0 Å². The Balaban J connectivity index is 4.35. The molecule has 0 amide bonds. The van der Waals surface area contributed by atoms with Crippen molar-refractivity contribution in [1.29, 1.82) is 0 Å². The van der Waals surface area contributed by atoms with E-state index in [0.717, 1.165) is 83.5 Å². The van der Waals surface area contributed by atoms with E-state index >= 15 is 0 Å². The van der Waals surface area contributed by atoms with E-state index in [2.05, 4.69) is 69.4 Å². The van der Waals surface area contributed by atoms with E-state index in [0.29, 0.717) is 19.3 Å². The van der Waals surface area contributed by atoms with Gasteiger partial charge in [0.15, 0.2) is 6.10 Å². The Kier molecular flexibility index (Phi) is 57.7. The first-order valence-electron chi connectivity index (χ1n) is 31.1. The molecule has 1 unspecified atom stereocenters. The number of allylic oxidation sites excluding steroid dienone is 8. The Bertz CT molecular complexity index is 1230. The summed E-state index contributed by atoms with van der Waals surface area (Å²) in [5.74, 6) is -0.866. The van der Waals surface area contributed by atoms with Gasteiger partial charge in [-0.2, -0.15) is 0 Å². The highest BCUT2D eigenvalue weighted by Crippen LogP contribution is 2.17. The predicted octanol–water partition coefficient (Wildman–Crippen LogP) is 21.0. The van der Waals surface area contributed by atoms with Crippen molar-refractivity contribution >= 4 is 17.9 Å². The molecule has 71 heavy (non-hydrogen) atoms. The molecule has 0 rings (SSSR count). The minimum atomic E-state index is -0.778. The summed E-state index contributed by atoms with van der Waals surface area (Å²) >= 11 is 0. The standard InChI is InChI=1S/C65H118O6/c1-4-7-10-13-16-19-22-25-28-31-32-35-37-40-43-46-49-52-55-58-64(67)70-61-62(71-65(68)59-56-53-50-47-44-41-38-34-30-27-24-21-18-15-12-9-6-3)60-69-63(66)57-54-51-48-45-42-39-36-33-29-26-23-20-17-14-11-8-5-2/h9,12,18,21,25,27-28,30,62H,4-8,10-11,13-17,19-20,22-24,26,29,31-61H2,1-3H3/b12-9-,21-18-,28-25-,30-27-. The average molecular weight is 996 g/mol. The maximum atomic E-state index is 12.9. The number of carbonyl (C=O) groups is 3. The summed E-state index contributed by atoms with van der Waals surface area (Å²) in [4.78, 5) is 38.3. The zero-order chi connectivity index (χ0) is 51.4. The minimum Gasteiger partial charge on any atom is -0.462 e. The topological polar surface area (TPSA) is 78.9 Å². The molecule has 0 saturated carbocycles. The highest BCUT2D eigenvalue weighted by molar-refractivity contribution is 5.71. The van der Waals surface area contributed by atoms with Crippen LogP contribution >= 0.6 is 0 Å². The van der Waals surface area contributed by atoms with Gasteiger partial charge in [-0.3, -0.25) is 14.4 Å². The maximum absolute atomic E-state index is 12.9. The zero-order valence-electron chi connectivity index (χ0n) is 47.5. The summed E-state index contributed by atoms with van der Waals surface area (Å²) in [5, 5.41) is 0. The molecule has 0 aromatic heterocycles. The van der Waals surface area contributed by atoms with E-state index in [4.69, 9.17) is 14.2 Å². The fourth-order valence-electron chi connectivity index (χ4n) is 9.16. The molecule has 0 aromatic rings. The molecule has 0 fully saturated rings. The first-order valence-corrected chi connectivity index (χ1v) is 31.1. The molecular formula is C65H118O6. The molecule has 1 atom stereocenters. The molecule has 0 N–H and O–H groups in total. The summed E-state index contributed by atoms with van der Waals surface area (Å²) in [6, 6.07) is 0. The molecule has 0 heterocycles. The van der Waals surface area contributed by atoms with E-state index in [1.807, 2.05) is 0 Å². The zero-order valence-corrected chi connectivity index (χ0v) is 47.5. The molecule has 414 valence electrons. The quantitative estimate of drug-likeness (QED) is 0.0261. The van der Waals surface area contributed by atoms with E-state index in [-0.39, 0.29) is 31.1 Å². The molecule has 0 aliphatic rings. The molecule has 0 radical (unpaired) electrons. The fourth-order valence-corrected chi connectivity index (χ4v) is 9.16. The van der Waals surface area contributed by atoms with Gasteiger partial charge in [0.1, 0.15) is 13.2 Å². The lowest BCUT2D eigenvalue weighted by Gasteiger charge is -2.18. The predicted molar refractivity (Wildman–Crippen MR) is 307 cm³/mol. The van der Waals surface area contributed by atoms with Crippen molar-refractivity contribution in [1.82, 2.24) is 0 Å². The van der Waals surface area contributed by atoms with E-state index in [1.165, 1.54) is 205 Å². The van der Waals surface area contributed by atoms with Crippen LogP contribution in [0.3, 0.4) is 0 Å². The van der Waals surface area contributed by atoms with Crippen LogP contribution in [0.15, 0.2) is 48.6 Å². The van der Waals surface area contributed by atoms with Crippen LogP contribution in [0.4, 0.5) is 0 Å². The van der Waals surface area contributed by atoms with Crippen molar-refractivity contribution in [2.24, 2.45) is 0 Å². The van der Waals surface area contributed by atoms with E-state index in [1.54, 1.807) is 0 Å². The van der Waals surface area contributed by atoms with Crippen molar-refractivity contribution in [3.05, 3.63) is 48.6 Å². The third-order valence-corrected chi connectivity index (χ3v) is 13.8. The van der Waals surface area contributed by atoms with Crippen LogP contribution in [0.1, 0.15) is 329 Å². The third-order valence-electron chi connectivity index (χ3n) is 13.8. The maximum Gasteiger partial charge on any atom is 0.306 e. The summed E-state index contributed by atoms with van der Waals surface area (Å²) in [6.07, 6.45) is 73.9. The molecule has 0 bridgehead atoms. The van der Waals surface area contributed by atoms with E-state index in [9.17, 15) is 14.4 Å². The smallest absolute Gasteiger partial charge is 0.306 e. The highest BCUT2D eigenvalue weighted by atomic mass is 16.6. The summed E-state index contributed by atoms with van der Waals surface area (Å²) in [7, 11) is 0. The summed E-state index contributed by atoms with van der Waals surface area (Å²) in [6.45, 7) is 6.57. The van der Waals surface area contributed by atoms with Gasteiger partial charge < -0.3 is 14.2 Å². The summed E-state index contributed by atoms with van der Waals surface area (Å²) < 4.78 is 16.9. The number of hydrogen-bond donors (Lipinski definition) is 0. The molecule has 0 aromatic carbocycles. The Morgan fingerprint density at radius 1 is 0.296 bits per heavy atom. The fraction of sp³-hybridized carbons (Fsp3) is 0.831. The van der Waals surface area contributed by atoms with Crippen molar-refractivity contribution < 1.29 is 28.6 Å². The van der Waals surface area contributed by atoms with Crippen LogP contribution in [-0.4, -0.2) is 37.2 Å². The van der Waals surface area contributed by atoms with Crippen molar-refractivity contribution in [3.8, 4) is 0 Å². The molecule has 6 heteroatoms. The van der Waals surface area contributed by atoms with Gasteiger partial charge in [-0.1, -0.05) is 281 Å². The number of carbonyl (C=O) groups excluding carboxylic acids is 3. The van der Waals surface area contributed by atoms with Crippen LogP contribution < -0.4 is 0 Å². The second-order valence-corrected chi connectivity index (χ2v) is 20.9. The third kappa shape index (κ3) is 58.1. The highest BCUT2D eigenvalue weighted by Gasteiger charge is 2.19. The first kappa shape index (κ1) is 68.4. The van der Waals surface area contributed by atoms with Crippen LogP contribution in [0.25, 0.3) is 0 Å². The molecule has 0 aliphatic carbocycles. The molecule has 0 saturated heterocycles. The number of esters is 3. The second kappa shape index (κ2) is 59.9. The van der Waals surface area contributed by atoms with Crippen LogP contribution in [0.5, 0.6) is 0 Å². The minimum absolute atomic E-state index is 0.0741. The largest absolute Gasteiger partial charge is 0.462 e. The average Bonchev–Trinajstić information content (AvgIpc) is 3.37. The van der Waals surface area contributed by atoms with Gasteiger partial charge in [0, 0.05) is 19.3 Å². The van der Waals surface area contributed by atoms with Gasteiger partial charge in [0.25, 0.3) is 0 Å². The second-order valence-electron chi connectivity index (χ2n) is 20.9. The van der Waals surface area contributed by atoms with Gasteiger partial charge in [-0.15, -0.1) is 0 Å². The number of unbranched alkanes of at least 4 members (excludes halogenated alkanes) is 38. The van der Waals surface area contributed by atoms with Crippen molar-refractivity contribution in [2.45, 2.75) is 335 Å². The van der Waals surface area contributed by atoms with Gasteiger partial charge in [0.2, 0.25) is 0 Å². The van der Waals surface area contributed by atoms with Gasteiger partial charge >= 0.3 is 17.9 Å². The molecular weight excluding hydrogens is 877 g/mol. The summed E-state index contributed by atoms with van der Waals surface area (Å²) in [5.41, 5.74) is 0. The first-order chi connectivity index (χ1) is 35.0. The van der Waals surface area contributed by atoms with Gasteiger partial charge in [0.05, 0.1) is 0 Å². The lowest BCUT2D eigenvalue weighted by molar-refractivity contribution is -0.167. The number of ether oxygens (including phenoxy) is 3. The molecule has 0 spiro atoms. The number of rotatable bonds is 57. The SMILES string of the molecule is CC/C=C\C/C=C\C/C=C\CCCCCCCCCC(=O)OC(COC(=O)CCCCCCCCCCC/C=C\CCCCCCCC)COC(=O)CCCCCCCCCCCCCCCCCCC. The molecule has 6 nitrogen and oxygen atoms in total.